The van der Waals surface area contributed by atoms with Gasteiger partial charge in [-0.1, -0.05) is 0 Å². The van der Waals surface area contributed by atoms with Gasteiger partial charge in [0.15, 0.2) is 10.9 Å². The number of nitro groups is 2. The molecule has 0 aliphatic rings. The fourth-order valence-corrected chi connectivity index (χ4v) is 2.19. The van der Waals surface area contributed by atoms with Crippen molar-refractivity contribution in [1.82, 2.24) is 5.32 Å². The van der Waals surface area contributed by atoms with Crippen LogP contribution in [0.3, 0.4) is 0 Å². The van der Waals surface area contributed by atoms with Gasteiger partial charge in [0.25, 0.3) is 11.6 Å². The van der Waals surface area contributed by atoms with Crippen LogP contribution in [-0.2, 0) is 0 Å². The molecule has 0 aromatic heterocycles. The van der Waals surface area contributed by atoms with E-state index in [9.17, 15) is 25.0 Å². The number of methoxy groups -OCH3 is 1. The number of nitrogens with zero attached hydrogens (tertiary/aromatic N) is 2. The highest BCUT2D eigenvalue weighted by Gasteiger charge is 2.18. The van der Waals surface area contributed by atoms with Gasteiger partial charge in [-0.15, -0.1) is 0 Å². The largest absolute Gasteiger partial charge is 0.490 e. The summed E-state index contributed by atoms with van der Waals surface area (Å²) in [4.78, 5) is 32.6. The van der Waals surface area contributed by atoms with Gasteiger partial charge < -0.3 is 10.1 Å². The van der Waals surface area contributed by atoms with Crippen LogP contribution in [0.5, 0.6) is 5.75 Å². The fourth-order valence-electron chi connectivity index (χ4n) is 1.98. The third-order valence-electron chi connectivity index (χ3n) is 3.20. The second-order valence-electron chi connectivity index (χ2n) is 4.86. The van der Waals surface area contributed by atoms with Crippen molar-refractivity contribution in [1.29, 1.82) is 0 Å². The highest BCUT2D eigenvalue weighted by atomic mass is 32.1. The Balaban J connectivity index is 2.07. The number of amides is 1. The van der Waals surface area contributed by atoms with E-state index in [1.807, 2.05) is 0 Å². The first-order chi connectivity index (χ1) is 12.3. The smallest absolute Gasteiger partial charge is 0.311 e. The summed E-state index contributed by atoms with van der Waals surface area (Å²) in [5.41, 5.74) is 0.0115. The van der Waals surface area contributed by atoms with Crippen molar-refractivity contribution in [3.63, 3.8) is 0 Å². The van der Waals surface area contributed by atoms with Crippen LogP contribution in [0.4, 0.5) is 17.1 Å². The average molecular weight is 376 g/mol. The predicted octanol–water partition coefficient (Wildman–Crippen LogP) is 2.64. The first-order valence-corrected chi connectivity index (χ1v) is 7.42. The van der Waals surface area contributed by atoms with Crippen LogP contribution in [0.2, 0.25) is 0 Å². The van der Waals surface area contributed by atoms with Crippen LogP contribution < -0.4 is 15.4 Å². The number of benzene rings is 2. The molecule has 0 unspecified atom stereocenters. The molecule has 2 aromatic rings. The Bertz CT molecular complexity index is 884. The zero-order valence-corrected chi connectivity index (χ0v) is 14.1. The summed E-state index contributed by atoms with van der Waals surface area (Å²) in [6, 6.07) is 9.14. The molecule has 2 aromatic carbocycles. The van der Waals surface area contributed by atoms with Crippen LogP contribution in [0.25, 0.3) is 0 Å². The van der Waals surface area contributed by atoms with Crippen LogP contribution in [-0.4, -0.2) is 28.0 Å². The van der Waals surface area contributed by atoms with Gasteiger partial charge in [0.05, 0.1) is 17.0 Å². The van der Waals surface area contributed by atoms with Crippen LogP contribution >= 0.6 is 12.2 Å². The third-order valence-corrected chi connectivity index (χ3v) is 3.40. The van der Waals surface area contributed by atoms with Crippen LogP contribution in [0.15, 0.2) is 42.5 Å². The maximum Gasteiger partial charge on any atom is 0.311 e. The molecule has 0 aliphatic heterocycles. The average Bonchev–Trinajstić information content (AvgIpc) is 2.61. The van der Waals surface area contributed by atoms with Crippen LogP contribution in [0.1, 0.15) is 10.4 Å². The lowest BCUT2D eigenvalue weighted by atomic mass is 10.1. The lowest BCUT2D eigenvalue weighted by molar-refractivity contribution is -0.385. The molecule has 0 fully saturated rings. The standard InChI is InChI=1S/C15H12N4O6S/c1-25-13-7-2-9(8-12(13)19(23)24)14(20)17-15(26)16-10-3-5-11(6-4-10)18(21)22/h2-8H,1H3,(H2,16,17,20,26). The number of carbonyl (C=O) groups is 1. The van der Waals surface area contributed by atoms with E-state index in [0.717, 1.165) is 6.07 Å². The Morgan fingerprint density at radius 2 is 1.73 bits per heavy atom. The molecular weight excluding hydrogens is 364 g/mol. The Morgan fingerprint density at radius 3 is 2.27 bits per heavy atom. The van der Waals surface area contributed by atoms with Crippen molar-refractivity contribution in [2.45, 2.75) is 0 Å². The molecule has 0 radical (unpaired) electrons. The highest BCUT2D eigenvalue weighted by Crippen LogP contribution is 2.27. The molecule has 0 aliphatic carbocycles. The molecule has 0 bridgehead atoms. The van der Waals surface area contributed by atoms with E-state index in [0.29, 0.717) is 5.69 Å². The Labute approximate surface area is 152 Å². The normalized spacial score (nSPS) is 9.88. The van der Waals surface area contributed by atoms with E-state index >= 15 is 0 Å². The molecule has 0 spiro atoms. The second-order valence-corrected chi connectivity index (χ2v) is 5.26. The van der Waals surface area contributed by atoms with Gasteiger partial charge in [-0.3, -0.25) is 30.3 Å². The number of hydrogen-bond acceptors (Lipinski definition) is 7. The summed E-state index contributed by atoms with van der Waals surface area (Å²) in [5.74, 6) is -0.631. The number of rotatable bonds is 5. The summed E-state index contributed by atoms with van der Waals surface area (Å²) < 4.78 is 4.87. The lowest BCUT2D eigenvalue weighted by Crippen LogP contribution is -2.34. The molecule has 2 rings (SSSR count). The number of nitro benzene ring substituents is 2. The maximum atomic E-state index is 12.2. The van der Waals surface area contributed by atoms with Crippen molar-refractivity contribution < 1.29 is 19.4 Å². The van der Waals surface area contributed by atoms with Gasteiger partial charge in [0.1, 0.15) is 0 Å². The first kappa shape index (κ1) is 18.7. The summed E-state index contributed by atoms with van der Waals surface area (Å²) >= 11 is 4.99. The minimum Gasteiger partial charge on any atom is -0.490 e. The molecule has 26 heavy (non-hydrogen) atoms. The quantitative estimate of drug-likeness (QED) is 0.461. The van der Waals surface area contributed by atoms with Crippen molar-refractivity contribution in [3.8, 4) is 5.75 Å². The first-order valence-electron chi connectivity index (χ1n) is 7.01. The molecule has 11 heteroatoms. The summed E-state index contributed by atoms with van der Waals surface area (Å²) in [7, 11) is 1.28. The zero-order chi connectivity index (χ0) is 19.3. The SMILES string of the molecule is COc1ccc(C(=O)NC(=S)Nc2ccc([N+](=O)[O-])cc2)cc1[N+](=O)[O-]. The topological polar surface area (TPSA) is 137 Å². The number of ether oxygens (including phenoxy) is 1. The van der Waals surface area contributed by atoms with Gasteiger partial charge in [0, 0.05) is 29.4 Å². The molecule has 2 N–H and O–H groups in total. The summed E-state index contributed by atoms with van der Waals surface area (Å²) in [6.45, 7) is 0. The van der Waals surface area contributed by atoms with E-state index in [4.69, 9.17) is 17.0 Å². The van der Waals surface area contributed by atoms with E-state index in [1.165, 1.54) is 43.5 Å². The minimum atomic E-state index is -0.664. The molecule has 0 saturated carbocycles. The molecule has 0 atom stereocenters. The molecule has 1 amide bonds. The fraction of sp³-hybridized carbons (Fsp3) is 0.0667. The van der Waals surface area contributed by atoms with Crippen molar-refractivity contribution in [3.05, 3.63) is 68.3 Å². The van der Waals surface area contributed by atoms with Gasteiger partial charge in [-0.05, 0) is 36.5 Å². The number of carbonyl (C=O) groups excluding carboxylic acids is 1. The van der Waals surface area contributed by atoms with E-state index in [-0.39, 0.29) is 27.8 Å². The molecule has 134 valence electrons. The number of nitrogens with one attached hydrogen (secondary N) is 2. The number of anilines is 1. The molecular formula is C15H12N4O6S. The van der Waals surface area contributed by atoms with Gasteiger partial charge >= 0.3 is 5.69 Å². The molecule has 0 heterocycles. The number of thiocarbonyl (C=S) groups is 1. The number of non-ortho nitro benzene ring substituents is 1. The van der Waals surface area contributed by atoms with Crippen molar-refractivity contribution in [2.24, 2.45) is 0 Å². The van der Waals surface area contributed by atoms with E-state index < -0.39 is 15.8 Å². The second kappa shape index (κ2) is 7.98. The van der Waals surface area contributed by atoms with Gasteiger partial charge in [-0.25, -0.2) is 0 Å². The predicted molar refractivity (Wildman–Crippen MR) is 96.4 cm³/mol. The zero-order valence-electron chi connectivity index (χ0n) is 13.3. The lowest BCUT2D eigenvalue weighted by Gasteiger charge is -2.10. The van der Waals surface area contributed by atoms with Gasteiger partial charge in [-0.2, -0.15) is 0 Å². The minimum absolute atomic E-state index is 0.0188. The third kappa shape index (κ3) is 4.48. The molecule has 0 saturated heterocycles. The number of hydrogen-bond donors (Lipinski definition) is 2. The Morgan fingerprint density at radius 1 is 1.08 bits per heavy atom. The monoisotopic (exact) mass is 376 g/mol. The Hall–Kier alpha value is -3.60. The summed E-state index contributed by atoms with van der Waals surface area (Å²) in [6.07, 6.45) is 0. The van der Waals surface area contributed by atoms with Gasteiger partial charge in [0.2, 0.25) is 0 Å². The van der Waals surface area contributed by atoms with E-state index in [1.54, 1.807) is 0 Å². The van der Waals surface area contributed by atoms with Crippen molar-refractivity contribution in [2.75, 3.05) is 12.4 Å². The highest BCUT2D eigenvalue weighted by molar-refractivity contribution is 7.80. The van der Waals surface area contributed by atoms with E-state index in [2.05, 4.69) is 10.6 Å². The summed E-state index contributed by atoms with van der Waals surface area (Å²) in [5, 5.41) is 26.6. The molecule has 10 nitrogen and oxygen atoms in total. The maximum absolute atomic E-state index is 12.2. The van der Waals surface area contributed by atoms with Crippen molar-refractivity contribution >= 4 is 40.3 Å². The van der Waals surface area contributed by atoms with Crippen LogP contribution in [0, 0.1) is 20.2 Å². The Kier molecular flexibility index (Phi) is 5.75.